The van der Waals surface area contributed by atoms with Gasteiger partial charge in [0.1, 0.15) is 4.90 Å². The van der Waals surface area contributed by atoms with Crippen LogP contribution in [0.4, 0.5) is 13.2 Å². The molecule has 0 aliphatic heterocycles. The van der Waals surface area contributed by atoms with Crippen molar-refractivity contribution in [2.45, 2.75) is 11.1 Å². The molecular formula is C13H8F3N3O4S. The van der Waals surface area contributed by atoms with E-state index in [1.54, 1.807) is 0 Å². The van der Waals surface area contributed by atoms with E-state index < -0.39 is 32.4 Å². The fraction of sp³-hybridized carbons (Fsp3) is 0.0769. The molecule has 7 nitrogen and oxygen atoms in total. The molecule has 0 saturated carbocycles. The molecule has 2 N–H and O–H groups in total. The first-order chi connectivity index (χ1) is 11.1. The number of pyridine rings is 1. The number of hydrogen-bond donors (Lipinski definition) is 2. The van der Waals surface area contributed by atoms with Crippen LogP contribution in [0.5, 0.6) is 0 Å². The van der Waals surface area contributed by atoms with Gasteiger partial charge >= 0.3 is 6.18 Å². The summed E-state index contributed by atoms with van der Waals surface area (Å²) in [6.07, 6.45) is -3.45. The summed E-state index contributed by atoms with van der Waals surface area (Å²) in [4.78, 5) is 12.8. The fourth-order valence-electron chi connectivity index (χ4n) is 2.35. The average molecular weight is 359 g/mol. The number of benzene rings is 1. The summed E-state index contributed by atoms with van der Waals surface area (Å²) >= 11 is 0. The number of aromatic nitrogens is 3. The first kappa shape index (κ1) is 16.2. The van der Waals surface area contributed by atoms with Crippen LogP contribution in [0.3, 0.4) is 0 Å². The van der Waals surface area contributed by atoms with Crippen LogP contribution >= 0.6 is 0 Å². The third kappa shape index (κ3) is 2.57. The van der Waals surface area contributed by atoms with Gasteiger partial charge in [-0.25, -0.2) is 4.68 Å². The van der Waals surface area contributed by atoms with Crippen molar-refractivity contribution in [1.29, 1.82) is 0 Å². The predicted octanol–water partition coefficient (Wildman–Crippen LogP) is 1.98. The summed E-state index contributed by atoms with van der Waals surface area (Å²) in [5, 5.41) is 3.68. The third-order valence-corrected chi connectivity index (χ3v) is 4.16. The quantitative estimate of drug-likeness (QED) is 0.681. The van der Waals surface area contributed by atoms with Crippen molar-refractivity contribution in [2.75, 3.05) is 0 Å². The van der Waals surface area contributed by atoms with Crippen molar-refractivity contribution >= 4 is 20.9 Å². The lowest BCUT2D eigenvalue weighted by Gasteiger charge is -2.13. The molecular weight excluding hydrogens is 351 g/mol. The second-order valence-corrected chi connectivity index (χ2v) is 6.18. The Morgan fingerprint density at radius 1 is 1.17 bits per heavy atom. The molecule has 3 aromatic rings. The molecule has 3 rings (SSSR count). The van der Waals surface area contributed by atoms with Gasteiger partial charge in [0.15, 0.2) is 5.69 Å². The normalized spacial score (nSPS) is 12.7. The van der Waals surface area contributed by atoms with Crippen molar-refractivity contribution in [3.05, 3.63) is 52.7 Å². The van der Waals surface area contributed by atoms with Crippen molar-refractivity contribution < 1.29 is 26.1 Å². The van der Waals surface area contributed by atoms with E-state index in [2.05, 4.69) is 10.1 Å². The van der Waals surface area contributed by atoms with E-state index in [1.165, 1.54) is 30.5 Å². The van der Waals surface area contributed by atoms with Gasteiger partial charge in [-0.3, -0.25) is 9.35 Å². The molecule has 11 heteroatoms. The molecule has 0 amide bonds. The number of halogens is 3. The number of rotatable bonds is 2. The zero-order valence-electron chi connectivity index (χ0n) is 11.6. The Morgan fingerprint density at radius 2 is 1.88 bits per heavy atom. The molecule has 24 heavy (non-hydrogen) atoms. The second-order valence-electron chi connectivity index (χ2n) is 4.79. The lowest BCUT2D eigenvalue weighted by Crippen LogP contribution is -2.17. The van der Waals surface area contributed by atoms with Crippen molar-refractivity contribution in [2.24, 2.45) is 0 Å². The average Bonchev–Trinajstić information content (AvgIpc) is 2.92. The number of H-pyrrole nitrogens is 1. The van der Waals surface area contributed by atoms with E-state index in [9.17, 15) is 26.4 Å². The van der Waals surface area contributed by atoms with Crippen molar-refractivity contribution in [3.63, 3.8) is 0 Å². The summed E-state index contributed by atoms with van der Waals surface area (Å²) < 4.78 is 71.8. The van der Waals surface area contributed by atoms with Gasteiger partial charge < -0.3 is 4.98 Å². The molecule has 0 bridgehead atoms. The molecule has 2 aromatic heterocycles. The molecule has 2 heterocycles. The number of aromatic amines is 1. The molecule has 0 atom stereocenters. The Hall–Kier alpha value is -2.66. The number of alkyl halides is 3. The molecule has 126 valence electrons. The smallest absolute Gasteiger partial charge is 0.329 e. The maximum absolute atomic E-state index is 13.3. The highest BCUT2D eigenvalue weighted by Gasteiger charge is 2.42. The van der Waals surface area contributed by atoms with E-state index in [-0.39, 0.29) is 16.5 Å². The summed E-state index contributed by atoms with van der Waals surface area (Å²) in [6, 6.07) is 5.35. The van der Waals surface area contributed by atoms with Crippen LogP contribution in [0.25, 0.3) is 16.5 Å². The SMILES string of the molecule is O=c1[nH]ccc2c(-n3ncc(S(=O)(=O)O)c3C(F)(F)F)cccc12. The zero-order valence-corrected chi connectivity index (χ0v) is 12.4. The Bertz CT molecular complexity index is 1100. The molecule has 0 aliphatic carbocycles. The minimum absolute atomic E-state index is 0.104. The topological polar surface area (TPSA) is 105 Å². The van der Waals surface area contributed by atoms with E-state index in [0.717, 1.165) is 0 Å². The van der Waals surface area contributed by atoms with Gasteiger partial charge in [-0.1, -0.05) is 6.07 Å². The number of fused-ring (bicyclic) bond motifs is 1. The van der Waals surface area contributed by atoms with E-state index >= 15 is 0 Å². The van der Waals surface area contributed by atoms with Gasteiger partial charge in [-0.05, 0) is 18.2 Å². The fourth-order valence-corrected chi connectivity index (χ4v) is 2.98. The van der Waals surface area contributed by atoms with Crippen LogP contribution in [0.1, 0.15) is 5.69 Å². The van der Waals surface area contributed by atoms with Crippen LogP contribution in [0.15, 0.2) is 46.3 Å². The summed E-state index contributed by atoms with van der Waals surface area (Å²) in [5.74, 6) is 0. The van der Waals surface area contributed by atoms with Crippen LogP contribution in [0, 0.1) is 0 Å². The van der Waals surface area contributed by atoms with Gasteiger partial charge in [0.25, 0.3) is 15.7 Å². The monoisotopic (exact) mass is 359 g/mol. The number of nitrogens with zero attached hydrogens (tertiary/aromatic N) is 2. The van der Waals surface area contributed by atoms with E-state index in [1.807, 2.05) is 0 Å². The standard InChI is InChI=1S/C13H8F3N3O4S/c14-13(15,16)11-10(24(21,22)23)6-18-19(11)9-3-1-2-8-7(9)4-5-17-12(8)20/h1-6H,(H,17,20)(H,21,22,23). The Labute approximate surface area is 132 Å². The van der Waals surface area contributed by atoms with Crippen molar-refractivity contribution in [1.82, 2.24) is 14.8 Å². The lowest BCUT2D eigenvalue weighted by atomic mass is 10.1. The first-order valence-electron chi connectivity index (χ1n) is 6.34. The Balaban J connectivity index is 2.43. The molecule has 0 fully saturated rings. The van der Waals surface area contributed by atoms with Gasteiger partial charge in [0.2, 0.25) is 0 Å². The number of nitrogens with one attached hydrogen (secondary N) is 1. The summed E-state index contributed by atoms with van der Waals surface area (Å²) in [5.41, 5.74) is -2.33. The maximum atomic E-state index is 13.3. The summed E-state index contributed by atoms with van der Waals surface area (Å²) in [6.45, 7) is 0. The number of hydrogen-bond acceptors (Lipinski definition) is 4. The Kier molecular flexibility index (Phi) is 3.49. The maximum Gasteiger partial charge on any atom is 0.434 e. The van der Waals surface area contributed by atoms with Gasteiger partial charge in [0, 0.05) is 17.0 Å². The molecule has 0 saturated heterocycles. The minimum atomic E-state index is -5.14. The first-order valence-corrected chi connectivity index (χ1v) is 7.78. The van der Waals surface area contributed by atoms with E-state index in [0.29, 0.717) is 10.9 Å². The summed E-state index contributed by atoms with van der Waals surface area (Å²) in [7, 11) is -5.14. The van der Waals surface area contributed by atoms with Crippen LogP contribution in [-0.4, -0.2) is 27.7 Å². The highest BCUT2D eigenvalue weighted by atomic mass is 32.2. The second kappa shape index (κ2) is 5.18. The third-order valence-electron chi connectivity index (χ3n) is 3.30. The van der Waals surface area contributed by atoms with Crippen LogP contribution in [-0.2, 0) is 16.3 Å². The molecule has 0 radical (unpaired) electrons. The molecule has 0 spiro atoms. The largest absolute Gasteiger partial charge is 0.434 e. The highest BCUT2D eigenvalue weighted by molar-refractivity contribution is 7.85. The lowest BCUT2D eigenvalue weighted by molar-refractivity contribution is -0.145. The van der Waals surface area contributed by atoms with Gasteiger partial charge in [-0.2, -0.15) is 26.7 Å². The molecule has 1 aromatic carbocycles. The highest BCUT2D eigenvalue weighted by Crippen LogP contribution is 2.36. The molecule has 0 unspecified atom stereocenters. The molecule has 0 aliphatic rings. The van der Waals surface area contributed by atoms with Gasteiger partial charge in [0.05, 0.1) is 11.9 Å². The van der Waals surface area contributed by atoms with Gasteiger partial charge in [-0.15, -0.1) is 0 Å². The van der Waals surface area contributed by atoms with Crippen LogP contribution in [0.2, 0.25) is 0 Å². The van der Waals surface area contributed by atoms with Crippen LogP contribution < -0.4 is 5.56 Å². The van der Waals surface area contributed by atoms with Crippen molar-refractivity contribution in [3.8, 4) is 5.69 Å². The predicted molar refractivity (Wildman–Crippen MR) is 76.5 cm³/mol. The van der Waals surface area contributed by atoms with E-state index in [4.69, 9.17) is 4.55 Å². The zero-order chi connectivity index (χ0) is 17.7. The minimum Gasteiger partial charge on any atom is -0.329 e. The Morgan fingerprint density at radius 3 is 2.50 bits per heavy atom.